The number of nitrogens with zero attached hydrogens (tertiary/aromatic N) is 1. The van der Waals surface area contributed by atoms with Gasteiger partial charge in [-0.15, -0.1) is 0 Å². The fraction of sp³-hybridized carbons (Fsp3) is 0.615. The minimum Gasteiger partial charge on any atom is -0.453 e. The number of hydrogen-bond acceptors (Lipinski definition) is 3. The molecular formula is C13H19BrN2O2. The minimum atomic E-state index is -0.160. The molecule has 1 unspecified atom stereocenters. The topological polar surface area (TPSA) is 45.5 Å². The van der Waals surface area contributed by atoms with Crippen molar-refractivity contribution in [2.75, 3.05) is 13.1 Å². The second kappa shape index (κ2) is 6.38. The van der Waals surface area contributed by atoms with E-state index in [1.165, 1.54) is 6.42 Å². The van der Waals surface area contributed by atoms with Crippen molar-refractivity contribution in [1.82, 2.24) is 10.2 Å². The van der Waals surface area contributed by atoms with E-state index in [1.807, 2.05) is 24.0 Å². The molecule has 18 heavy (non-hydrogen) atoms. The fourth-order valence-corrected chi connectivity index (χ4v) is 2.52. The van der Waals surface area contributed by atoms with Crippen LogP contribution in [-0.2, 0) is 11.3 Å². The average Bonchev–Trinajstić information content (AvgIpc) is 2.82. The quantitative estimate of drug-likeness (QED) is 0.929. The number of halogens is 1. The SMILES string of the molecule is CC(NCc1ccc(Br)o1)C(=O)N1CCCCC1. The first-order valence-corrected chi connectivity index (χ1v) is 7.22. The third kappa shape index (κ3) is 3.59. The molecule has 4 nitrogen and oxygen atoms in total. The molecule has 1 saturated heterocycles. The largest absolute Gasteiger partial charge is 0.453 e. The van der Waals surface area contributed by atoms with Gasteiger partial charge in [0, 0.05) is 13.1 Å². The smallest absolute Gasteiger partial charge is 0.239 e. The first kappa shape index (κ1) is 13.6. The van der Waals surface area contributed by atoms with Crippen molar-refractivity contribution in [2.45, 2.75) is 38.8 Å². The van der Waals surface area contributed by atoms with Gasteiger partial charge in [0.2, 0.25) is 5.91 Å². The highest BCUT2D eigenvalue weighted by molar-refractivity contribution is 9.10. The van der Waals surface area contributed by atoms with Gasteiger partial charge in [-0.2, -0.15) is 0 Å². The minimum absolute atomic E-state index is 0.160. The van der Waals surface area contributed by atoms with E-state index in [1.54, 1.807) is 0 Å². The Morgan fingerprint density at radius 2 is 2.17 bits per heavy atom. The summed E-state index contributed by atoms with van der Waals surface area (Å²) in [7, 11) is 0. The van der Waals surface area contributed by atoms with Crippen molar-refractivity contribution in [3.63, 3.8) is 0 Å². The molecule has 1 atom stereocenters. The Kier molecular flexibility index (Phi) is 4.83. The summed E-state index contributed by atoms with van der Waals surface area (Å²) in [6, 6.07) is 3.59. The molecule has 1 aliphatic rings. The van der Waals surface area contributed by atoms with Gasteiger partial charge < -0.3 is 9.32 Å². The number of nitrogens with one attached hydrogen (secondary N) is 1. The molecule has 1 aromatic heterocycles. The molecule has 1 aromatic rings. The standard InChI is InChI=1S/C13H19BrN2O2/c1-10(13(17)16-7-3-2-4-8-16)15-9-11-5-6-12(14)18-11/h5-6,10,15H,2-4,7-9H2,1H3. The lowest BCUT2D eigenvalue weighted by atomic mass is 10.1. The van der Waals surface area contributed by atoms with Gasteiger partial charge in [0.1, 0.15) is 5.76 Å². The summed E-state index contributed by atoms with van der Waals surface area (Å²) >= 11 is 3.26. The number of amides is 1. The predicted octanol–water partition coefficient (Wildman–Crippen LogP) is 2.53. The van der Waals surface area contributed by atoms with Crippen molar-refractivity contribution in [2.24, 2.45) is 0 Å². The molecule has 5 heteroatoms. The molecule has 1 amide bonds. The number of hydrogen-bond donors (Lipinski definition) is 1. The summed E-state index contributed by atoms with van der Waals surface area (Å²) < 4.78 is 6.11. The van der Waals surface area contributed by atoms with E-state index in [4.69, 9.17) is 4.42 Å². The lowest BCUT2D eigenvalue weighted by Gasteiger charge is -2.29. The zero-order valence-corrected chi connectivity index (χ0v) is 12.2. The number of furan rings is 1. The molecule has 0 aromatic carbocycles. The van der Waals surface area contributed by atoms with Crippen molar-refractivity contribution in [3.05, 3.63) is 22.6 Å². The molecule has 2 rings (SSSR count). The molecule has 0 aliphatic carbocycles. The van der Waals surface area contributed by atoms with Crippen LogP contribution in [0, 0.1) is 0 Å². The molecular weight excluding hydrogens is 296 g/mol. The zero-order valence-electron chi connectivity index (χ0n) is 10.6. The molecule has 1 fully saturated rings. The second-order valence-electron chi connectivity index (χ2n) is 4.69. The molecule has 1 aliphatic heterocycles. The maximum atomic E-state index is 12.1. The van der Waals surface area contributed by atoms with Crippen LogP contribution in [0.5, 0.6) is 0 Å². The summed E-state index contributed by atoms with van der Waals surface area (Å²) in [5.74, 6) is 1.03. The Bertz CT molecular complexity index is 399. The molecule has 0 spiro atoms. The Hall–Kier alpha value is -0.810. The monoisotopic (exact) mass is 314 g/mol. The lowest BCUT2D eigenvalue weighted by Crippen LogP contribution is -2.46. The number of rotatable bonds is 4. The summed E-state index contributed by atoms with van der Waals surface area (Å²) in [6.45, 7) is 4.29. The van der Waals surface area contributed by atoms with Crippen LogP contribution in [0.1, 0.15) is 31.9 Å². The van der Waals surface area contributed by atoms with Crippen LogP contribution in [0.3, 0.4) is 0 Å². The summed E-state index contributed by atoms with van der Waals surface area (Å²) in [5, 5.41) is 3.20. The molecule has 2 heterocycles. The maximum absolute atomic E-state index is 12.1. The van der Waals surface area contributed by atoms with Crippen LogP contribution < -0.4 is 5.32 Å². The van der Waals surface area contributed by atoms with Crippen LogP contribution in [0.25, 0.3) is 0 Å². The van der Waals surface area contributed by atoms with Gasteiger partial charge in [-0.05, 0) is 54.2 Å². The van der Waals surface area contributed by atoms with Gasteiger partial charge in [0.05, 0.1) is 12.6 Å². The summed E-state index contributed by atoms with van der Waals surface area (Å²) in [6.07, 6.45) is 3.50. The van der Waals surface area contributed by atoms with Gasteiger partial charge in [0.15, 0.2) is 4.67 Å². The van der Waals surface area contributed by atoms with E-state index >= 15 is 0 Å². The van der Waals surface area contributed by atoms with Crippen LogP contribution in [0.4, 0.5) is 0 Å². The summed E-state index contributed by atoms with van der Waals surface area (Å²) in [5.41, 5.74) is 0. The number of carbonyl (C=O) groups is 1. The van der Waals surface area contributed by atoms with Crippen molar-refractivity contribution in [3.8, 4) is 0 Å². The second-order valence-corrected chi connectivity index (χ2v) is 5.48. The van der Waals surface area contributed by atoms with Crippen molar-refractivity contribution < 1.29 is 9.21 Å². The lowest BCUT2D eigenvalue weighted by molar-refractivity contribution is -0.134. The van der Waals surface area contributed by atoms with Crippen molar-refractivity contribution >= 4 is 21.8 Å². The molecule has 0 saturated carbocycles. The highest BCUT2D eigenvalue weighted by Gasteiger charge is 2.21. The Morgan fingerprint density at radius 3 is 2.78 bits per heavy atom. The Morgan fingerprint density at radius 1 is 1.44 bits per heavy atom. The van der Waals surface area contributed by atoms with Gasteiger partial charge in [-0.25, -0.2) is 0 Å². The number of carbonyl (C=O) groups excluding carboxylic acids is 1. The highest BCUT2D eigenvalue weighted by atomic mass is 79.9. The fourth-order valence-electron chi connectivity index (χ4n) is 2.18. The normalized spacial score (nSPS) is 17.8. The maximum Gasteiger partial charge on any atom is 0.239 e. The molecule has 0 bridgehead atoms. The van der Waals surface area contributed by atoms with E-state index in [0.717, 1.165) is 31.7 Å². The van der Waals surface area contributed by atoms with E-state index in [0.29, 0.717) is 11.2 Å². The van der Waals surface area contributed by atoms with Crippen LogP contribution in [0.2, 0.25) is 0 Å². The number of piperidine rings is 1. The first-order valence-electron chi connectivity index (χ1n) is 6.43. The van der Waals surface area contributed by atoms with Crippen LogP contribution in [-0.4, -0.2) is 29.9 Å². The van der Waals surface area contributed by atoms with Crippen molar-refractivity contribution in [1.29, 1.82) is 0 Å². The predicted molar refractivity (Wildman–Crippen MR) is 73.1 cm³/mol. The van der Waals surface area contributed by atoms with Gasteiger partial charge in [-0.3, -0.25) is 10.1 Å². The zero-order chi connectivity index (χ0) is 13.0. The first-order chi connectivity index (χ1) is 8.66. The highest BCUT2D eigenvalue weighted by Crippen LogP contribution is 2.14. The third-order valence-electron chi connectivity index (χ3n) is 3.25. The number of likely N-dealkylation sites (tertiary alicyclic amines) is 1. The van der Waals surface area contributed by atoms with Gasteiger partial charge >= 0.3 is 0 Å². The third-order valence-corrected chi connectivity index (χ3v) is 3.68. The molecule has 0 radical (unpaired) electrons. The molecule has 1 N–H and O–H groups in total. The Balaban J connectivity index is 1.79. The van der Waals surface area contributed by atoms with Gasteiger partial charge in [0.25, 0.3) is 0 Å². The van der Waals surface area contributed by atoms with E-state index < -0.39 is 0 Å². The van der Waals surface area contributed by atoms with Gasteiger partial charge in [-0.1, -0.05) is 0 Å². The molecule has 100 valence electrons. The average molecular weight is 315 g/mol. The van der Waals surface area contributed by atoms with E-state index in [-0.39, 0.29) is 11.9 Å². The van der Waals surface area contributed by atoms with Crippen LogP contribution in [0.15, 0.2) is 21.2 Å². The summed E-state index contributed by atoms with van der Waals surface area (Å²) in [4.78, 5) is 14.1. The van der Waals surface area contributed by atoms with E-state index in [2.05, 4.69) is 21.2 Å². The Labute approximate surface area is 116 Å². The van der Waals surface area contributed by atoms with Crippen LogP contribution >= 0.6 is 15.9 Å². The van der Waals surface area contributed by atoms with E-state index in [9.17, 15) is 4.79 Å².